The molecule has 0 spiro atoms. The minimum atomic E-state index is -0.0799. The zero-order valence-corrected chi connectivity index (χ0v) is 12.8. The van der Waals surface area contributed by atoms with Crippen LogP contribution in [-0.2, 0) is 11.3 Å². The normalized spacial score (nSPS) is 10.5. The highest BCUT2D eigenvalue weighted by Gasteiger charge is 2.08. The molecule has 0 fully saturated rings. The van der Waals surface area contributed by atoms with Crippen molar-refractivity contribution in [3.8, 4) is 0 Å². The molecule has 4 nitrogen and oxygen atoms in total. The fourth-order valence-electron chi connectivity index (χ4n) is 1.98. The Morgan fingerprint density at radius 1 is 1.26 bits per heavy atom. The van der Waals surface area contributed by atoms with Gasteiger partial charge in [-0.2, -0.15) is 5.10 Å². The first-order valence-corrected chi connectivity index (χ1v) is 6.81. The van der Waals surface area contributed by atoms with E-state index in [1.54, 1.807) is 4.68 Å². The van der Waals surface area contributed by atoms with E-state index in [1.165, 1.54) is 0 Å². The summed E-state index contributed by atoms with van der Waals surface area (Å²) < 4.78 is 2.66. The summed E-state index contributed by atoms with van der Waals surface area (Å²) in [6.45, 7) is 6.07. The highest BCUT2D eigenvalue weighted by molar-refractivity contribution is 9.10. The average molecular weight is 322 g/mol. The van der Waals surface area contributed by atoms with Crippen LogP contribution in [0.5, 0.6) is 0 Å². The van der Waals surface area contributed by atoms with Crippen LogP contribution in [0.3, 0.4) is 0 Å². The van der Waals surface area contributed by atoms with Crippen molar-refractivity contribution in [2.75, 3.05) is 5.32 Å². The van der Waals surface area contributed by atoms with Gasteiger partial charge in [-0.15, -0.1) is 0 Å². The van der Waals surface area contributed by atoms with Crippen molar-refractivity contribution >= 4 is 27.5 Å². The maximum atomic E-state index is 12.0. The number of carbonyl (C=O) groups is 1. The Balaban J connectivity index is 2.07. The summed E-state index contributed by atoms with van der Waals surface area (Å²) in [4.78, 5) is 12.0. The lowest BCUT2D eigenvalue weighted by Crippen LogP contribution is -2.20. The lowest BCUT2D eigenvalue weighted by molar-refractivity contribution is -0.116. The molecule has 0 aliphatic rings. The van der Waals surface area contributed by atoms with Crippen molar-refractivity contribution in [3.05, 3.63) is 45.7 Å². The van der Waals surface area contributed by atoms with Gasteiger partial charge in [-0.25, -0.2) is 0 Å². The number of nitrogens with one attached hydrogen (secondary N) is 1. The molecule has 0 saturated carbocycles. The molecule has 1 amide bonds. The molecule has 0 radical (unpaired) electrons. The lowest BCUT2D eigenvalue weighted by Gasteiger charge is -2.08. The van der Waals surface area contributed by atoms with E-state index >= 15 is 0 Å². The molecule has 100 valence electrons. The van der Waals surface area contributed by atoms with Gasteiger partial charge in [0, 0.05) is 15.9 Å². The number of aryl methyl sites for hydroxylation is 3. The quantitative estimate of drug-likeness (QED) is 0.943. The van der Waals surface area contributed by atoms with E-state index in [2.05, 4.69) is 26.3 Å². The minimum Gasteiger partial charge on any atom is -0.324 e. The van der Waals surface area contributed by atoms with Crippen LogP contribution in [0.2, 0.25) is 0 Å². The number of halogens is 1. The summed E-state index contributed by atoms with van der Waals surface area (Å²) in [5.41, 5.74) is 3.79. The van der Waals surface area contributed by atoms with Crippen LogP contribution in [0.15, 0.2) is 28.7 Å². The number of aromatic nitrogens is 2. The third-order valence-electron chi connectivity index (χ3n) is 2.72. The van der Waals surface area contributed by atoms with Crippen molar-refractivity contribution in [2.45, 2.75) is 27.3 Å². The monoisotopic (exact) mass is 321 g/mol. The SMILES string of the molecule is Cc1cc(Br)cc(NC(=O)Cn2nc(C)cc2C)c1. The number of hydrogen-bond acceptors (Lipinski definition) is 2. The third-order valence-corrected chi connectivity index (χ3v) is 3.18. The second-order valence-corrected chi connectivity index (χ2v) is 5.57. The smallest absolute Gasteiger partial charge is 0.246 e. The summed E-state index contributed by atoms with van der Waals surface area (Å²) in [5.74, 6) is -0.0799. The largest absolute Gasteiger partial charge is 0.324 e. The van der Waals surface area contributed by atoms with Crippen LogP contribution in [0, 0.1) is 20.8 Å². The summed E-state index contributed by atoms with van der Waals surface area (Å²) in [5, 5.41) is 7.15. The van der Waals surface area contributed by atoms with Crippen molar-refractivity contribution in [1.82, 2.24) is 9.78 Å². The Kier molecular flexibility index (Phi) is 4.04. The minimum absolute atomic E-state index is 0.0799. The van der Waals surface area contributed by atoms with Gasteiger partial charge in [-0.1, -0.05) is 15.9 Å². The van der Waals surface area contributed by atoms with E-state index in [9.17, 15) is 4.79 Å². The molecule has 0 aliphatic heterocycles. The molecule has 2 rings (SSSR count). The molecule has 0 saturated heterocycles. The van der Waals surface area contributed by atoms with Gasteiger partial charge < -0.3 is 5.32 Å². The van der Waals surface area contributed by atoms with Crippen molar-refractivity contribution < 1.29 is 4.79 Å². The second kappa shape index (κ2) is 5.57. The number of nitrogens with zero attached hydrogens (tertiary/aromatic N) is 2. The molecule has 5 heteroatoms. The van der Waals surface area contributed by atoms with Gasteiger partial charge >= 0.3 is 0 Å². The number of anilines is 1. The number of hydrogen-bond donors (Lipinski definition) is 1. The van der Waals surface area contributed by atoms with Gasteiger partial charge in [0.2, 0.25) is 5.91 Å². The average Bonchev–Trinajstić information content (AvgIpc) is 2.55. The molecule has 2 aromatic rings. The zero-order valence-electron chi connectivity index (χ0n) is 11.2. The van der Waals surface area contributed by atoms with Gasteiger partial charge in [-0.05, 0) is 50.6 Å². The first-order chi connectivity index (χ1) is 8.94. The molecule has 1 aromatic carbocycles. The van der Waals surface area contributed by atoms with Gasteiger partial charge in [-0.3, -0.25) is 9.48 Å². The molecule has 0 unspecified atom stereocenters. The lowest BCUT2D eigenvalue weighted by atomic mass is 10.2. The predicted molar refractivity (Wildman–Crippen MR) is 79.2 cm³/mol. The summed E-state index contributed by atoms with van der Waals surface area (Å²) in [6.07, 6.45) is 0. The first kappa shape index (κ1) is 13.8. The Bertz CT molecular complexity index is 599. The Morgan fingerprint density at radius 3 is 2.58 bits per heavy atom. The van der Waals surface area contributed by atoms with Crippen LogP contribution < -0.4 is 5.32 Å². The van der Waals surface area contributed by atoms with E-state index in [0.717, 1.165) is 27.1 Å². The van der Waals surface area contributed by atoms with Crippen molar-refractivity contribution in [2.24, 2.45) is 0 Å². The summed E-state index contributed by atoms with van der Waals surface area (Å²) in [7, 11) is 0. The van der Waals surface area contributed by atoms with Gasteiger partial charge in [0.1, 0.15) is 6.54 Å². The van der Waals surface area contributed by atoms with E-state index in [4.69, 9.17) is 0 Å². The van der Waals surface area contributed by atoms with Gasteiger partial charge in [0.15, 0.2) is 0 Å². The summed E-state index contributed by atoms with van der Waals surface area (Å²) in [6, 6.07) is 7.77. The Labute approximate surface area is 120 Å². The molecule has 19 heavy (non-hydrogen) atoms. The maximum absolute atomic E-state index is 12.0. The Morgan fingerprint density at radius 2 is 2.00 bits per heavy atom. The fourth-order valence-corrected chi connectivity index (χ4v) is 2.59. The van der Waals surface area contributed by atoms with E-state index in [-0.39, 0.29) is 12.5 Å². The van der Waals surface area contributed by atoms with Crippen LogP contribution in [0.25, 0.3) is 0 Å². The summed E-state index contributed by atoms with van der Waals surface area (Å²) >= 11 is 3.42. The number of carbonyl (C=O) groups excluding carboxylic acids is 1. The second-order valence-electron chi connectivity index (χ2n) is 4.65. The van der Waals surface area contributed by atoms with Crippen molar-refractivity contribution in [3.63, 3.8) is 0 Å². The fraction of sp³-hybridized carbons (Fsp3) is 0.286. The van der Waals surface area contributed by atoms with Crippen LogP contribution in [0.4, 0.5) is 5.69 Å². The van der Waals surface area contributed by atoms with Crippen LogP contribution >= 0.6 is 15.9 Å². The van der Waals surface area contributed by atoms with E-state index < -0.39 is 0 Å². The maximum Gasteiger partial charge on any atom is 0.246 e. The standard InChI is InChI=1S/C14H16BrN3O/c1-9-4-12(15)7-13(5-9)16-14(19)8-18-11(3)6-10(2)17-18/h4-7H,8H2,1-3H3,(H,16,19). The molecule has 1 N–H and O–H groups in total. The molecular formula is C14H16BrN3O. The van der Waals surface area contributed by atoms with Gasteiger partial charge in [0.25, 0.3) is 0 Å². The van der Waals surface area contributed by atoms with Gasteiger partial charge in [0.05, 0.1) is 5.69 Å². The molecule has 1 aromatic heterocycles. The topological polar surface area (TPSA) is 46.9 Å². The first-order valence-electron chi connectivity index (χ1n) is 6.02. The molecule has 0 bridgehead atoms. The Hall–Kier alpha value is -1.62. The third kappa shape index (κ3) is 3.67. The van der Waals surface area contributed by atoms with Crippen molar-refractivity contribution in [1.29, 1.82) is 0 Å². The van der Waals surface area contributed by atoms with E-state index in [0.29, 0.717) is 0 Å². The van der Waals surface area contributed by atoms with Crippen LogP contribution in [-0.4, -0.2) is 15.7 Å². The number of benzene rings is 1. The highest BCUT2D eigenvalue weighted by atomic mass is 79.9. The molecular weight excluding hydrogens is 306 g/mol. The predicted octanol–water partition coefficient (Wildman–Crippen LogP) is 3.21. The van der Waals surface area contributed by atoms with E-state index in [1.807, 2.05) is 45.0 Å². The molecule has 0 aliphatic carbocycles. The zero-order chi connectivity index (χ0) is 14.0. The van der Waals surface area contributed by atoms with Crippen LogP contribution in [0.1, 0.15) is 17.0 Å². The molecule has 0 atom stereocenters. The number of amides is 1. The highest BCUT2D eigenvalue weighted by Crippen LogP contribution is 2.19. The number of rotatable bonds is 3. The molecule has 1 heterocycles.